The molecule has 0 bridgehead atoms. The summed E-state index contributed by atoms with van der Waals surface area (Å²) in [6.07, 6.45) is 0. The number of nitro groups is 1. The van der Waals surface area contributed by atoms with E-state index in [0.29, 0.717) is 5.92 Å². The van der Waals surface area contributed by atoms with Crippen LogP contribution < -0.4 is 4.74 Å². The Balaban J connectivity index is 1.91. The van der Waals surface area contributed by atoms with Gasteiger partial charge in [0, 0.05) is 42.6 Å². The average molecular weight is 296 g/mol. The summed E-state index contributed by atoms with van der Waals surface area (Å²) in [7, 11) is 2.09. The first kappa shape index (κ1) is 13.3. The maximum atomic E-state index is 11.1. The lowest BCUT2D eigenvalue weighted by atomic mass is 9.84. The fourth-order valence-electron chi connectivity index (χ4n) is 3.66. The number of nitro benzene ring substituents is 1. The Morgan fingerprint density at radius 1 is 1.09 bits per heavy atom. The Morgan fingerprint density at radius 3 is 2.55 bits per heavy atom. The molecule has 0 aromatic heterocycles. The predicted molar refractivity (Wildman–Crippen MR) is 82.6 cm³/mol. The third-order valence-corrected chi connectivity index (χ3v) is 4.64. The van der Waals surface area contributed by atoms with Crippen LogP contribution in [-0.2, 0) is 0 Å². The first-order chi connectivity index (χ1) is 10.6. The van der Waals surface area contributed by atoms with Crippen LogP contribution in [0.15, 0.2) is 42.5 Å². The van der Waals surface area contributed by atoms with Crippen LogP contribution in [0.25, 0.3) is 0 Å². The van der Waals surface area contributed by atoms with E-state index in [2.05, 4.69) is 18.0 Å². The van der Waals surface area contributed by atoms with Gasteiger partial charge in [-0.15, -0.1) is 0 Å². The Kier molecular flexibility index (Phi) is 2.90. The molecule has 1 fully saturated rings. The van der Waals surface area contributed by atoms with Crippen molar-refractivity contribution in [2.24, 2.45) is 0 Å². The van der Waals surface area contributed by atoms with Crippen LogP contribution in [0.4, 0.5) is 5.69 Å². The van der Waals surface area contributed by atoms with Crippen molar-refractivity contribution >= 4 is 5.69 Å². The molecule has 2 aliphatic rings. The van der Waals surface area contributed by atoms with Crippen LogP contribution in [0.5, 0.6) is 11.5 Å². The molecule has 2 aromatic carbocycles. The molecule has 2 aliphatic heterocycles. The molecule has 0 saturated carbocycles. The standard InChI is InChI=1S/C17H16N2O3/c1-18-9-14-12-4-2-3-5-16(12)22-17-7-6-11(19(20)21)8-13(17)15(14)10-18/h2-8,14-15H,9-10H2,1H3/t14-,15-/m0/s1. The molecule has 0 spiro atoms. The van der Waals surface area contributed by atoms with Gasteiger partial charge in [-0.2, -0.15) is 0 Å². The van der Waals surface area contributed by atoms with E-state index in [9.17, 15) is 10.1 Å². The summed E-state index contributed by atoms with van der Waals surface area (Å²) in [6.45, 7) is 1.82. The molecule has 0 radical (unpaired) electrons. The quantitative estimate of drug-likeness (QED) is 0.597. The van der Waals surface area contributed by atoms with Crippen LogP contribution in [0.2, 0.25) is 0 Å². The molecule has 2 heterocycles. The third-order valence-electron chi connectivity index (χ3n) is 4.64. The zero-order valence-electron chi connectivity index (χ0n) is 12.2. The molecule has 0 aliphatic carbocycles. The van der Waals surface area contributed by atoms with Gasteiger partial charge in [0.15, 0.2) is 0 Å². The molecular weight excluding hydrogens is 280 g/mol. The van der Waals surface area contributed by atoms with E-state index in [1.807, 2.05) is 18.2 Å². The maximum absolute atomic E-state index is 11.1. The van der Waals surface area contributed by atoms with Gasteiger partial charge in [-0.25, -0.2) is 0 Å². The van der Waals surface area contributed by atoms with Gasteiger partial charge < -0.3 is 9.64 Å². The van der Waals surface area contributed by atoms with Crippen LogP contribution in [0.1, 0.15) is 23.0 Å². The Hall–Kier alpha value is -2.40. The third kappa shape index (κ3) is 1.97. The Labute approximate surface area is 128 Å². The maximum Gasteiger partial charge on any atom is 0.269 e. The van der Waals surface area contributed by atoms with Crippen LogP contribution in [0.3, 0.4) is 0 Å². The highest BCUT2D eigenvalue weighted by atomic mass is 16.6. The van der Waals surface area contributed by atoms with E-state index in [0.717, 1.165) is 30.2 Å². The highest BCUT2D eigenvalue weighted by Crippen LogP contribution is 2.49. The molecule has 112 valence electrons. The second-order valence-corrected chi connectivity index (χ2v) is 6.05. The van der Waals surface area contributed by atoms with E-state index < -0.39 is 0 Å². The summed E-state index contributed by atoms with van der Waals surface area (Å²) in [5, 5.41) is 11.1. The number of nitrogens with zero attached hydrogens (tertiary/aromatic N) is 2. The number of rotatable bonds is 1. The zero-order valence-corrected chi connectivity index (χ0v) is 12.2. The Bertz CT molecular complexity index is 759. The van der Waals surface area contributed by atoms with Crippen molar-refractivity contribution in [3.8, 4) is 11.5 Å². The molecule has 1 saturated heterocycles. The van der Waals surface area contributed by atoms with Gasteiger partial charge in [0.1, 0.15) is 11.5 Å². The second-order valence-electron chi connectivity index (χ2n) is 6.05. The van der Waals surface area contributed by atoms with Crippen LogP contribution in [0, 0.1) is 10.1 Å². The van der Waals surface area contributed by atoms with Crippen molar-refractivity contribution in [1.29, 1.82) is 0 Å². The minimum atomic E-state index is -0.341. The number of fused-ring (bicyclic) bond motifs is 5. The lowest BCUT2D eigenvalue weighted by Crippen LogP contribution is -2.14. The second kappa shape index (κ2) is 4.81. The molecule has 5 nitrogen and oxygen atoms in total. The van der Waals surface area contributed by atoms with Gasteiger partial charge in [-0.3, -0.25) is 10.1 Å². The SMILES string of the molecule is CN1C[C@H]2c3ccccc3Oc3ccc([N+](=O)[O-])cc3[C@@H]2C1. The van der Waals surface area contributed by atoms with Crippen molar-refractivity contribution in [3.05, 3.63) is 63.7 Å². The van der Waals surface area contributed by atoms with Crippen LogP contribution in [-0.4, -0.2) is 30.0 Å². The summed E-state index contributed by atoms with van der Waals surface area (Å²) < 4.78 is 6.07. The van der Waals surface area contributed by atoms with E-state index in [1.54, 1.807) is 12.1 Å². The zero-order chi connectivity index (χ0) is 15.3. The normalized spacial score (nSPS) is 23.0. The number of hydrogen-bond donors (Lipinski definition) is 0. The average Bonchev–Trinajstić information content (AvgIpc) is 2.84. The van der Waals surface area contributed by atoms with Crippen molar-refractivity contribution in [2.75, 3.05) is 20.1 Å². The summed E-state index contributed by atoms with van der Waals surface area (Å²) in [5.74, 6) is 2.13. The van der Waals surface area contributed by atoms with Gasteiger partial charge in [0.2, 0.25) is 0 Å². The topological polar surface area (TPSA) is 55.6 Å². The largest absolute Gasteiger partial charge is 0.457 e. The highest BCUT2D eigenvalue weighted by molar-refractivity contribution is 5.54. The molecule has 4 rings (SSSR count). The number of para-hydroxylation sites is 1. The van der Waals surface area contributed by atoms with Gasteiger partial charge in [-0.05, 0) is 24.7 Å². The lowest BCUT2D eigenvalue weighted by molar-refractivity contribution is -0.384. The smallest absolute Gasteiger partial charge is 0.269 e. The molecule has 5 heteroatoms. The van der Waals surface area contributed by atoms with Crippen molar-refractivity contribution < 1.29 is 9.66 Å². The van der Waals surface area contributed by atoms with E-state index in [-0.39, 0.29) is 16.5 Å². The first-order valence-electron chi connectivity index (χ1n) is 7.37. The molecule has 0 amide bonds. The number of benzene rings is 2. The molecule has 22 heavy (non-hydrogen) atoms. The molecule has 0 unspecified atom stereocenters. The summed E-state index contributed by atoms with van der Waals surface area (Å²) in [5.41, 5.74) is 2.26. The van der Waals surface area contributed by atoms with Crippen molar-refractivity contribution in [3.63, 3.8) is 0 Å². The molecule has 2 aromatic rings. The summed E-state index contributed by atoms with van der Waals surface area (Å²) >= 11 is 0. The van der Waals surface area contributed by atoms with Gasteiger partial charge in [0.25, 0.3) is 5.69 Å². The highest BCUT2D eigenvalue weighted by Gasteiger charge is 2.39. The summed E-state index contributed by atoms with van der Waals surface area (Å²) in [4.78, 5) is 13.0. The minimum Gasteiger partial charge on any atom is -0.457 e. The van der Waals surface area contributed by atoms with Crippen molar-refractivity contribution in [1.82, 2.24) is 4.90 Å². The number of ether oxygens (including phenoxy) is 1. The lowest BCUT2D eigenvalue weighted by Gasteiger charge is -2.16. The predicted octanol–water partition coefficient (Wildman–Crippen LogP) is 3.51. The van der Waals surface area contributed by atoms with Crippen molar-refractivity contribution in [2.45, 2.75) is 11.8 Å². The Morgan fingerprint density at radius 2 is 1.77 bits per heavy atom. The molecular formula is C17H16N2O3. The summed E-state index contributed by atoms with van der Waals surface area (Å²) in [6, 6.07) is 13.0. The molecule has 0 N–H and O–H groups in total. The van der Waals surface area contributed by atoms with Gasteiger partial charge in [0.05, 0.1) is 4.92 Å². The number of likely N-dealkylation sites (N-methyl/N-ethyl adjacent to an activating group) is 1. The fraction of sp³-hybridized carbons (Fsp3) is 0.294. The number of hydrogen-bond acceptors (Lipinski definition) is 4. The monoisotopic (exact) mass is 296 g/mol. The molecule has 2 atom stereocenters. The van der Waals surface area contributed by atoms with E-state index >= 15 is 0 Å². The van der Waals surface area contributed by atoms with Gasteiger partial charge >= 0.3 is 0 Å². The number of likely N-dealkylation sites (tertiary alicyclic amines) is 1. The first-order valence-corrected chi connectivity index (χ1v) is 7.37. The van der Waals surface area contributed by atoms with Crippen LogP contribution >= 0.6 is 0 Å². The van der Waals surface area contributed by atoms with E-state index in [1.165, 1.54) is 11.6 Å². The minimum absolute atomic E-state index is 0.126. The fourth-order valence-corrected chi connectivity index (χ4v) is 3.66. The number of non-ortho nitro benzene ring substituents is 1. The van der Waals surface area contributed by atoms with Gasteiger partial charge in [-0.1, -0.05) is 18.2 Å². The van der Waals surface area contributed by atoms with E-state index in [4.69, 9.17) is 4.74 Å².